The molecule has 1 aromatic heterocycles. The van der Waals surface area contributed by atoms with Crippen molar-refractivity contribution in [1.82, 2.24) is 10.3 Å². The molecule has 1 heterocycles. The highest BCUT2D eigenvalue weighted by Crippen LogP contribution is 2.21. The lowest BCUT2D eigenvalue weighted by atomic mass is 10.1. The van der Waals surface area contributed by atoms with Crippen LogP contribution in [-0.2, 0) is 17.9 Å². The maximum absolute atomic E-state index is 6.12. The summed E-state index contributed by atoms with van der Waals surface area (Å²) in [7, 11) is 0. The van der Waals surface area contributed by atoms with Crippen LogP contribution < -0.4 is 5.32 Å². The number of hydrogen-bond acceptors (Lipinski definition) is 3. The molecule has 124 valence electrons. The summed E-state index contributed by atoms with van der Waals surface area (Å²) in [4.78, 5) is 4.46. The summed E-state index contributed by atoms with van der Waals surface area (Å²) >= 11 is 12.0. The molecule has 0 saturated carbocycles. The Morgan fingerprint density at radius 2 is 1.88 bits per heavy atom. The fourth-order valence-electron chi connectivity index (χ4n) is 2.50. The molecule has 1 N–H and O–H groups in total. The van der Waals surface area contributed by atoms with Crippen LogP contribution in [0.4, 0.5) is 0 Å². The number of benzene rings is 2. The molecule has 0 unspecified atom stereocenters. The maximum Gasteiger partial charge on any atom is 0.0746 e. The SMILES string of the molecule is Clc1ccc(COCCNCc2cccc3cccnc23)c(Cl)c1. The first kappa shape index (κ1) is 17.2. The number of ether oxygens (including phenoxy) is 1. The van der Waals surface area contributed by atoms with Crippen LogP contribution in [-0.4, -0.2) is 18.1 Å². The average molecular weight is 361 g/mol. The summed E-state index contributed by atoms with van der Waals surface area (Å²) in [6.45, 7) is 2.61. The molecule has 3 rings (SSSR count). The molecular formula is C19H18Cl2N2O. The Labute approximate surface area is 151 Å². The first-order valence-electron chi connectivity index (χ1n) is 7.79. The third-order valence-corrected chi connectivity index (χ3v) is 4.31. The quantitative estimate of drug-likeness (QED) is 0.611. The molecule has 0 atom stereocenters. The van der Waals surface area contributed by atoms with Crippen molar-refractivity contribution in [3.05, 3.63) is 75.9 Å². The monoisotopic (exact) mass is 360 g/mol. The Kier molecular flexibility index (Phi) is 6.05. The number of nitrogens with one attached hydrogen (secondary N) is 1. The number of para-hydroxylation sites is 1. The van der Waals surface area contributed by atoms with Crippen molar-refractivity contribution < 1.29 is 4.74 Å². The number of halogens is 2. The zero-order chi connectivity index (χ0) is 16.8. The van der Waals surface area contributed by atoms with Crippen LogP contribution in [0.5, 0.6) is 0 Å². The van der Waals surface area contributed by atoms with Gasteiger partial charge < -0.3 is 10.1 Å². The van der Waals surface area contributed by atoms with Gasteiger partial charge in [-0.25, -0.2) is 0 Å². The number of pyridine rings is 1. The van der Waals surface area contributed by atoms with E-state index in [1.54, 1.807) is 6.07 Å². The molecule has 0 aliphatic heterocycles. The summed E-state index contributed by atoms with van der Waals surface area (Å²) in [5, 5.41) is 5.81. The first-order valence-corrected chi connectivity index (χ1v) is 8.54. The summed E-state index contributed by atoms with van der Waals surface area (Å²) in [5.74, 6) is 0. The molecule has 0 bridgehead atoms. The van der Waals surface area contributed by atoms with Crippen molar-refractivity contribution in [2.24, 2.45) is 0 Å². The molecule has 3 nitrogen and oxygen atoms in total. The third kappa shape index (κ3) is 4.46. The molecule has 0 aliphatic rings. The van der Waals surface area contributed by atoms with Crippen LogP contribution in [0.3, 0.4) is 0 Å². The summed E-state index contributed by atoms with van der Waals surface area (Å²) < 4.78 is 5.66. The molecule has 5 heteroatoms. The predicted molar refractivity (Wildman–Crippen MR) is 99.6 cm³/mol. The normalized spacial score (nSPS) is 11.1. The van der Waals surface area contributed by atoms with Gasteiger partial charge >= 0.3 is 0 Å². The Hall–Kier alpha value is -1.65. The van der Waals surface area contributed by atoms with Gasteiger partial charge in [-0.3, -0.25) is 4.98 Å². The van der Waals surface area contributed by atoms with Gasteiger partial charge in [0.1, 0.15) is 0 Å². The Balaban J connectivity index is 1.44. The number of rotatable bonds is 7. The van der Waals surface area contributed by atoms with Crippen LogP contribution >= 0.6 is 23.2 Å². The number of nitrogens with zero attached hydrogens (tertiary/aromatic N) is 1. The van der Waals surface area contributed by atoms with E-state index in [0.717, 1.165) is 29.6 Å². The van der Waals surface area contributed by atoms with E-state index in [-0.39, 0.29) is 0 Å². The van der Waals surface area contributed by atoms with Gasteiger partial charge in [0.2, 0.25) is 0 Å². The molecular weight excluding hydrogens is 343 g/mol. The minimum absolute atomic E-state index is 0.480. The summed E-state index contributed by atoms with van der Waals surface area (Å²) in [6, 6.07) is 15.7. The second kappa shape index (κ2) is 8.45. The molecule has 0 fully saturated rings. The second-order valence-corrected chi connectivity index (χ2v) is 6.30. The lowest BCUT2D eigenvalue weighted by molar-refractivity contribution is 0.122. The number of aromatic nitrogens is 1. The lowest BCUT2D eigenvalue weighted by Crippen LogP contribution is -2.19. The zero-order valence-electron chi connectivity index (χ0n) is 13.1. The Morgan fingerprint density at radius 1 is 1.00 bits per heavy atom. The van der Waals surface area contributed by atoms with E-state index in [2.05, 4.69) is 34.6 Å². The molecule has 2 aromatic carbocycles. The van der Waals surface area contributed by atoms with Gasteiger partial charge in [0.15, 0.2) is 0 Å². The van der Waals surface area contributed by atoms with Crippen molar-refractivity contribution in [3.8, 4) is 0 Å². The van der Waals surface area contributed by atoms with E-state index in [0.29, 0.717) is 23.3 Å². The Morgan fingerprint density at radius 3 is 2.75 bits per heavy atom. The van der Waals surface area contributed by atoms with Crippen LogP contribution in [0.2, 0.25) is 10.0 Å². The van der Waals surface area contributed by atoms with Crippen molar-refractivity contribution >= 4 is 34.1 Å². The molecule has 0 saturated heterocycles. The second-order valence-electron chi connectivity index (χ2n) is 5.46. The average Bonchev–Trinajstić information content (AvgIpc) is 2.59. The number of fused-ring (bicyclic) bond motifs is 1. The van der Waals surface area contributed by atoms with E-state index in [1.165, 1.54) is 5.56 Å². The van der Waals surface area contributed by atoms with E-state index in [1.807, 2.05) is 24.4 Å². The maximum atomic E-state index is 6.12. The van der Waals surface area contributed by atoms with Crippen molar-refractivity contribution in [3.63, 3.8) is 0 Å². The van der Waals surface area contributed by atoms with Gasteiger partial charge in [0.25, 0.3) is 0 Å². The largest absolute Gasteiger partial charge is 0.375 e. The summed E-state index contributed by atoms with van der Waals surface area (Å²) in [6.07, 6.45) is 1.82. The van der Waals surface area contributed by atoms with Gasteiger partial charge in [-0.1, -0.05) is 53.5 Å². The lowest BCUT2D eigenvalue weighted by Gasteiger charge is -2.09. The standard InChI is InChI=1S/C19H18Cl2N2O/c20-17-7-6-16(18(21)11-17)13-24-10-9-22-12-15-4-1-3-14-5-2-8-23-19(14)15/h1-8,11,22H,9-10,12-13H2. The first-order chi connectivity index (χ1) is 11.7. The highest BCUT2D eigenvalue weighted by Gasteiger charge is 2.03. The molecule has 24 heavy (non-hydrogen) atoms. The minimum atomic E-state index is 0.480. The van der Waals surface area contributed by atoms with Gasteiger partial charge in [-0.05, 0) is 29.3 Å². The van der Waals surface area contributed by atoms with Crippen LogP contribution in [0.1, 0.15) is 11.1 Å². The molecule has 0 aliphatic carbocycles. The number of hydrogen-bond donors (Lipinski definition) is 1. The van der Waals surface area contributed by atoms with E-state index in [4.69, 9.17) is 27.9 Å². The highest BCUT2D eigenvalue weighted by atomic mass is 35.5. The van der Waals surface area contributed by atoms with E-state index in [9.17, 15) is 0 Å². The molecule has 0 radical (unpaired) electrons. The van der Waals surface area contributed by atoms with Crippen LogP contribution in [0, 0.1) is 0 Å². The van der Waals surface area contributed by atoms with E-state index >= 15 is 0 Å². The highest BCUT2D eigenvalue weighted by molar-refractivity contribution is 6.35. The fraction of sp³-hybridized carbons (Fsp3) is 0.211. The zero-order valence-corrected chi connectivity index (χ0v) is 14.6. The van der Waals surface area contributed by atoms with Crippen molar-refractivity contribution in [1.29, 1.82) is 0 Å². The van der Waals surface area contributed by atoms with Gasteiger partial charge in [0, 0.05) is 34.7 Å². The third-order valence-electron chi connectivity index (χ3n) is 3.73. The molecule has 3 aromatic rings. The molecule has 0 amide bonds. The van der Waals surface area contributed by atoms with Crippen molar-refractivity contribution in [2.45, 2.75) is 13.2 Å². The summed E-state index contributed by atoms with van der Waals surface area (Å²) in [5.41, 5.74) is 3.18. The van der Waals surface area contributed by atoms with Crippen LogP contribution in [0.25, 0.3) is 10.9 Å². The molecule has 0 spiro atoms. The fourth-order valence-corrected chi connectivity index (χ4v) is 2.96. The smallest absolute Gasteiger partial charge is 0.0746 e. The topological polar surface area (TPSA) is 34.1 Å². The predicted octanol–water partition coefficient (Wildman–Crippen LogP) is 4.85. The van der Waals surface area contributed by atoms with Gasteiger partial charge in [-0.15, -0.1) is 0 Å². The Bertz CT molecular complexity index is 818. The van der Waals surface area contributed by atoms with Crippen molar-refractivity contribution in [2.75, 3.05) is 13.2 Å². The van der Waals surface area contributed by atoms with E-state index < -0.39 is 0 Å². The van der Waals surface area contributed by atoms with Gasteiger partial charge in [-0.2, -0.15) is 0 Å². The van der Waals surface area contributed by atoms with Crippen LogP contribution in [0.15, 0.2) is 54.7 Å². The van der Waals surface area contributed by atoms with Gasteiger partial charge in [0.05, 0.1) is 18.7 Å². The minimum Gasteiger partial charge on any atom is -0.375 e.